The molecule has 6 heteroatoms. The van der Waals surface area contributed by atoms with Gasteiger partial charge in [0.2, 0.25) is 11.9 Å². The second-order valence-corrected chi connectivity index (χ2v) is 5.70. The summed E-state index contributed by atoms with van der Waals surface area (Å²) in [5.74, 6) is 1.07. The molecule has 0 bridgehead atoms. The molecule has 6 nitrogen and oxygen atoms in total. The van der Waals surface area contributed by atoms with Crippen LogP contribution in [0.25, 0.3) is 0 Å². The molecule has 2 aliphatic rings. The van der Waals surface area contributed by atoms with Crippen molar-refractivity contribution in [3.05, 3.63) is 18.5 Å². The highest BCUT2D eigenvalue weighted by molar-refractivity contribution is 5.85. The summed E-state index contributed by atoms with van der Waals surface area (Å²) in [5.41, 5.74) is 0. The van der Waals surface area contributed by atoms with Gasteiger partial charge in [-0.2, -0.15) is 5.26 Å². The lowest BCUT2D eigenvalue weighted by Gasteiger charge is -2.33. The van der Waals surface area contributed by atoms with Crippen LogP contribution in [0, 0.1) is 17.2 Å². The summed E-state index contributed by atoms with van der Waals surface area (Å²) in [4.78, 5) is 23.1. The third-order valence-corrected chi connectivity index (χ3v) is 4.52. The number of fused-ring (bicyclic) bond motifs is 1. The molecule has 1 N–H and O–H groups in total. The van der Waals surface area contributed by atoms with E-state index >= 15 is 0 Å². The Morgan fingerprint density at radius 1 is 1.38 bits per heavy atom. The molecule has 2 fully saturated rings. The predicted octanol–water partition coefficient (Wildman–Crippen LogP) is 1.25. The van der Waals surface area contributed by atoms with Gasteiger partial charge in [0.25, 0.3) is 0 Å². The minimum Gasteiger partial charge on any atom is -0.341 e. The molecule has 1 saturated heterocycles. The first-order valence-electron chi connectivity index (χ1n) is 7.51. The minimum atomic E-state index is -0.256. The second kappa shape index (κ2) is 6.08. The fourth-order valence-corrected chi connectivity index (χ4v) is 3.65. The highest BCUT2D eigenvalue weighted by Gasteiger charge is 2.46. The van der Waals surface area contributed by atoms with Crippen LogP contribution < -0.4 is 10.2 Å². The molecule has 3 atom stereocenters. The molecule has 3 rings (SSSR count). The van der Waals surface area contributed by atoms with E-state index in [1.807, 2.05) is 6.07 Å². The molecule has 0 spiro atoms. The lowest BCUT2D eigenvalue weighted by atomic mass is 9.85. The number of aromatic nitrogens is 2. The molecule has 2 heterocycles. The summed E-state index contributed by atoms with van der Waals surface area (Å²) in [6.07, 6.45) is 8.93. The SMILES string of the molecule is N#CCNC(=O)[C@@H]1C[C@H]2CCCC[C@H]2N1c1ncccn1. The van der Waals surface area contributed by atoms with Gasteiger partial charge in [0, 0.05) is 18.4 Å². The van der Waals surface area contributed by atoms with Crippen molar-refractivity contribution in [1.82, 2.24) is 15.3 Å². The van der Waals surface area contributed by atoms with Gasteiger partial charge in [-0.3, -0.25) is 4.79 Å². The molecule has 1 aliphatic carbocycles. The third kappa shape index (κ3) is 2.68. The van der Waals surface area contributed by atoms with Crippen LogP contribution in [0.3, 0.4) is 0 Å². The Labute approximate surface area is 124 Å². The Hall–Kier alpha value is -2.16. The fourth-order valence-electron chi connectivity index (χ4n) is 3.65. The number of nitrogens with zero attached hydrogens (tertiary/aromatic N) is 4. The van der Waals surface area contributed by atoms with E-state index in [9.17, 15) is 4.79 Å². The normalized spacial score (nSPS) is 27.8. The van der Waals surface area contributed by atoms with Gasteiger partial charge in [-0.15, -0.1) is 0 Å². The molecule has 1 aromatic rings. The molecule has 0 radical (unpaired) electrons. The number of hydrogen-bond acceptors (Lipinski definition) is 5. The Morgan fingerprint density at radius 3 is 2.90 bits per heavy atom. The van der Waals surface area contributed by atoms with Crippen LogP contribution in [-0.2, 0) is 4.79 Å². The van der Waals surface area contributed by atoms with Crippen LogP contribution in [0.2, 0.25) is 0 Å². The van der Waals surface area contributed by atoms with Gasteiger partial charge in [-0.05, 0) is 31.2 Å². The fraction of sp³-hybridized carbons (Fsp3) is 0.600. The highest BCUT2D eigenvalue weighted by Crippen LogP contribution is 2.41. The molecule has 0 aromatic carbocycles. The van der Waals surface area contributed by atoms with Gasteiger partial charge in [-0.25, -0.2) is 9.97 Å². The second-order valence-electron chi connectivity index (χ2n) is 5.70. The zero-order chi connectivity index (χ0) is 14.7. The zero-order valence-corrected chi connectivity index (χ0v) is 11.9. The van der Waals surface area contributed by atoms with E-state index in [2.05, 4.69) is 20.2 Å². The monoisotopic (exact) mass is 285 g/mol. The Balaban J connectivity index is 1.86. The van der Waals surface area contributed by atoms with Crippen molar-refractivity contribution in [3.63, 3.8) is 0 Å². The molecule has 1 amide bonds. The van der Waals surface area contributed by atoms with Gasteiger partial charge in [0.15, 0.2) is 0 Å². The quantitative estimate of drug-likeness (QED) is 0.845. The number of amides is 1. The third-order valence-electron chi connectivity index (χ3n) is 4.52. The maximum absolute atomic E-state index is 12.4. The maximum atomic E-state index is 12.4. The number of rotatable bonds is 3. The van der Waals surface area contributed by atoms with Crippen molar-refractivity contribution in [3.8, 4) is 6.07 Å². The van der Waals surface area contributed by atoms with Crippen molar-refractivity contribution in [2.75, 3.05) is 11.4 Å². The minimum absolute atomic E-state index is 0.0498. The van der Waals surface area contributed by atoms with E-state index in [0.29, 0.717) is 17.9 Å². The smallest absolute Gasteiger partial charge is 0.243 e. The molecule has 21 heavy (non-hydrogen) atoms. The van der Waals surface area contributed by atoms with Gasteiger partial charge in [0.05, 0.1) is 6.07 Å². The van der Waals surface area contributed by atoms with Crippen LogP contribution in [0.4, 0.5) is 5.95 Å². The molecule has 0 unspecified atom stereocenters. The van der Waals surface area contributed by atoms with Gasteiger partial charge >= 0.3 is 0 Å². The molecule has 1 aliphatic heterocycles. The standard InChI is InChI=1S/C15H19N5O/c16-6-9-17-14(21)13-10-11-4-1-2-5-12(11)20(13)15-18-7-3-8-19-15/h3,7-8,11-13H,1-2,4-5,9-10H2,(H,17,21)/t11-,12-,13+/m1/s1. The Morgan fingerprint density at radius 2 is 2.14 bits per heavy atom. The average Bonchev–Trinajstić information content (AvgIpc) is 2.93. The molecule has 1 aromatic heterocycles. The molecule has 110 valence electrons. The first-order chi connectivity index (χ1) is 10.3. The predicted molar refractivity (Wildman–Crippen MR) is 77.3 cm³/mol. The summed E-state index contributed by atoms with van der Waals surface area (Å²) in [7, 11) is 0. The van der Waals surface area contributed by atoms with Crippen molar-refractivity contribution in [2.24, 2.45) is 5.92 Å². The van der Waals surface area contributed by atoms with Gasteiger partial charge in [0.1, 0.15) is 12.6 Å². The van der Waals surface area contributed by atoms with E-state index in [-0.39, 0.29) is 18.5 Å². The van der Waals surface area contributed by atoms with E-state index in [4.69, 9.17) is 5.26 Å². The summed E-state index contributed by atoms with van der Waals surface area (Å²) in [5, 5.41) is 11.3. The first-order valence-corrected chi connectivity index (χ1v) is 7.51. The summed E-state index contributed by atoms with van der Waals surface area (Å²) < 4.78 is 0. The van der Waals surface area contributed by atoms with Crippen molar-refractivity contribution in [1.29, 1.82) is 5.26 Å². The van der Waals surface area contributed by atoms with Crippen LogP contribution in [0.15, 0.2) is 18.5 Å². The average molecular weight is 285 g/mol. The molecule has 1 saturated carbocycles. The van der Waals surface area contributed by atoms with Crippen molar-refractivity contribution < 1.29 is 4.79 Å². The zero-order valence-electron chi connectivity index (χ0n) is 11.9. The number of nitrogens with one attached hydrogen (secondary N) is 1. The van der Waals surface area contributed by atoms with Crippen LogP contribution in [-0.4, -0.2) is 34.5 Å². The maximum Gasteiger partial charge on any atom is 0.243 e. The van der Waals surface area contributed by atoms with Crippen LogP contribution in [0.5, 0.6) is 0 Å². The Kier molecular flexibility index (Phi) is 4.00. The topological polar surface area (TPSA) is 81.9 Å². The lowest BCUT2D eigenvalue weighted by Crippen LogP contribution is -2.47. The van der Waals surface area contributed by atoms with E-state index in [0.717, 1.165) is 19.3 Å². The van der Waals surface area contributed by atoms with E-state index in [1.54, 1.807) is 18.5 Å². The molecular weight excluding hydrogens is 266 g/mol. The number of anilines is 1. The number of carbonyl (C=O) groups excluding carboxylic acids is 1. The molecular formula is C15H19N5O. The number of carbonyl (C=O) groups is 1. The van der Waals surface area contributed by atoms with Crippen molar-refractivity contribution >= 4 is 11.9 Å². The van der Waals surface area contributed by atoms with Crippen LogP contribution in [0.1, 0.15) is 32.1 Å². The Bertz CT molecular complexity index is 541. The largest absolute Gasteiger partial charge is 0.341 e. The number of nitriles is 1. The number of hydrogen-bond donors (Lipinski definition) is 1. The summed E-state index contributed by atoms with van der Waals surface area (Å²) in [6.45, 7) is 0.0498. The van der Waals surface area contributed by atoms with Crippen molar-refractivity contribution in [2.45, 2.75) is 44.2 Å². The van der Waals surface area contributed by atoms with Gasteiger partial charge < -0.3 is 10.2 Å². The first kappa shape index (κ1) is 13.8. The summed E-state index contributed by atoms with van der Waals surface area (Å²) in [6, 6.07) is 3.83. The summed E-state index contributed by atoms with van der Waals surface area (Å²) >= 11 is 0. The van der Waals surface area contributed by atoms with E-state index < -0.39 is 0 Å². The lowest BCUT2D eigenvalue weighted by molar-refractivity contribution is -0.122. The van der Waals surface area contributed by atoms with Gasteiger partial charge in [-0.1, -0.05) is 12.8 Å². The van der Waals surface area contributed by atoms with Crippen LogP contribution >= 0.6 is 0 Å². The highest BCUT2D eigenvalue weighted by atomic mass is 16.2. The van der Waals surface area contributed by atoms with E-state index in [1.165, 1.54) is 12.8 Å².